The van der Waals surface area contributed by atoms with E-state index in [4.69, 9.17) is 16.3 Å². The summed E-state index contributed by atoms with van der Waals surface area (Å²) in [6.45, 7) is 3.74. The van der Waals surface area contributed by atoms with Crippen LogP contribution in [0, 0.1) is 0 Å². The molecule has 2 heterocycles. The third kappa shape index (κ3) is 4.11. The average Bonchev–Trinajstić information content (AvgIpc) is 3.20. The Kier molecular flexibility index (Phi) is 6.24. The van der Waals surface area contributed by atoms with Gasteiger partial charge in [-0.05, 0) is 51.0 Å². The summed E-state index contributed by atoms with van der Waals surface area (Å²) >= 11 is 6.05. The number of fused-ring (bicyclic) bond motifs is 1. The zero-order chi connectivity index (χ0) is 22.9. The van der Waals surface area contributed by atoms with Gasteiger partial charge in [0.25, 0.3) is 5.91 Å². The largest absolute Gasteiger partial charge is 0.461 e. The second-order valence-corrected chi connectivity index (χ2v) is 8.93. The zero-order valence-electron chi connectivity index (χ0n) is 18.3. The molecule has 8 nitrogen and oxygen atoms in total. The van der Waals surface area contributed by atoms with E-state index in [-0.39, 0.29) is 36.5 Å². The maximum atomic E-state index is 13.6. The molecule has 9 heteroatoms. The SMILES string of the molecule is CCOC(=O)c1cc2n(n1)CC(C)(C(=O)NC1CCCCC1)N(c1ccc(Cl)cc1)C2=O. The number of nitrogens with zero attached hydrogens (tertiary/aromatic N) is 3. The van der Waals surface area contributed by atoms with Crippen LogP contribution in [0.5, 0.6) is 0 Å². The smallest absolute Gasteiger partial charge is 0.358 e. The minimum atomic E-state index is -1.24. The molecule has 0 radical (unpaired) electrons. The molecule has 1 aliphatic heterocycles. The van der Waals surface area contributed by atoms with Crippen molar-refractivity contribution in [1.82, 2.24) is 15.1 Å². The molecule has 0 spiro atoms. The summed E-state index contributed by atoms with van der Waals surface area (Å²) in [5, 5.41) is 7.96. The molecule has 1 atom stereocenters. The number of esters is 1. The molecule has 1 aromatic heterocycles. The Morgan fingerprint density at radius 3 is 2.56 bits per heavy atom. The van der Waals surface area contributed by atoms with Crippen LogP contribution >= 0.6 is 11.6 Å². The second-order valence-electron chi connectivity index (χ2n) is 8.49. The Hall–Kier alpha value is -2.87. The van der Waals surface area contributed by atoms with E-state index in [1.165, 1.54) is 22.1 Å². The van der Waals surface area contributed by atoms with Crippen LogP contribution < -0.4 is 10.2 Å². The average molecular weight is 459 g/mol. The molecule has 1 N–H and O–H groups in total. The van der Waals surface area contributed by atoms with Crippen molar-refractivity contribution in [1.29, 1.82) is 0 Å². The molecule has 0 saturated heterocycles. The van der Waals surface area contributed by atoms with E-state index < -0.39 is 17.4 Å². The van der Waals surface area contributed by atoms with Crippen molar-refractivity contribution in [3.05, 3.63) is 46.7 Å². The first kappa shape index (κ1) is 22.3. The number of rotatable bonds is 5. The second kappa shape index (κ2) is 8.94. The molecule has 32 heavy (non-hydrogen) atoms. The van der Waals surface area contributed by atoms with Crippen molar-refractivity contribution >= 4 is 35.1 Å². The van der Waals surface area contributed by atoms with E-state index in [1.807, 2.05) is 0 Å². The minimum absolute atomic E-state index is 0.0446. The van der Waals surface area contributed by atoms with E-state index in [9.17, 15) is 14.4 Å². The van der Waals surface area contributed by atoms with Gasteiger partial charge in [-0.3, -0.25) is 19.2 Å². The van der Waals surface area contributed by atoms with Crippen molar-refractivity contribution in [2.75, 3.05) is 11.5 Å². The number of aromatic nitrogens is 2. The predicted molar refractivity (Wildman–Crippen MR) is 120 cm³/mol. The highest BCUT2D eigenvalue weighted by molar-refractivity contribution is 6.30. The van der Waals surface area contributed by atoms with Crippen LogP contribution in [-0.4, -0.2) is 45.8 Å². The van der Waals surface area contributed by atoms with E-state index in [1.54, 1.807) is 38.1 Å². The highest BCUT2D eigenvalue weighted by Crippen LogP contribution is 2.34. The number of carbonyl (C=O) groups excluding carboxylic acids is 3. The third-order valence-electron chi connectivity index (χ3n) is 6.15. The molecule has 2 aliphatic rings. The van der Waals surface area contributed by atoms with Gasteiger partial charge in [-0.15, -0.1) is 0 Å². The van der Waals surface area contributed by atoms with E-state index in [2.05, 4.69) is 10.4 Å². The number of amides is 2. The van der Waals surface area contributed by atoms with Gasteiger partial charge in [-0.25, -0.2) is 4.79 Å². The molecule has 1 saturated carbocycles. The Labute approximate surface area is 191 Å². The van der Waals surface area contributed by atoms with Gasteiger partial charge in [-0.2, -0.15) is 5.10 Å². The number of ether oxygens (including phenoxy) is 1. The Morgan fingerprint density at radius 2 is 1.91 bits per heavy atom. The van der Waals surface area contributed by atoms with Gasteiger partial charge in [-0.1, -0.05) is 30.9 Å². The molecule has 1 fully saturated rings. The summed E-state index contributed by atoms with van der Waals surface area (Å²) in [5.41, 5.74) is -0.423. The quantitative estimate of drug-likeness (QED) is 0.691. The lowest BCUT2D eigenvalue weighted by atomic mass is 9.91. The highest BCUT2D eigenvalue weighted by Gasteiger charge is 2.49. The molecular weight excluding hydrogens is 432 g/mol. The molecule has 1 aliphatic carbocycles. The number of hydrogen-bond donors (Lipinski definition) is 1. The molecular formula is C23H27ClN4O4. The molecule has 2 amide bonds. The number of hydrogen-bond acceptors (Lipinski definition) is 5. The van der Waals surface area contributed by atoms with Crippen LogP contribution in [0.1, 0.15) is 66.9 Å². The predicted octanol–water partition coefficient (Wildman–Crippen LogP) is 3.58. The van der Waals surface area contributed by atoms with Gasteiger partial charge in [0.1, 0.15) is 11.2 Å². The van der Waals surface area contributed by atoms with Crippen LogP contribution in [0.2, 0.25) is 5.02 Å². The monoisotopic (exact) mass is 458 g/mol. The summed E-state index contributed by atoms with van der Waals surface area (Å²) in [6, 6.07) is 8.29. The highest BCUT2D eigenvalue weighted by atomic mass is 35.5. The van der Waals surface area contributed by atoms with Crippen molar-refractivity contribution in [2.45, 2.75) is 64.1 Å². The number of nitrogens with one attached hydrogen (secondary N) is 1. The van der Waals surface area contributed by atoms with Gasteiger partial charge in [0, 0.05) is 22.8 Å². The van der Waals surface area contributed by atoms with Crippen LogP contribution in [-0.2, 0) is 16.1 Å². The first-order chi connectivity index (χ1) is 15.3. The van der Waals surface area contributed by atoms with Gasteiger partial charge in [0.05, 0.1) is 13.2 Å². The summed E-state index contributed by atoms with van der Waals surface area (Å²) < 4.78 is 6.46. The molecule has 4 rings (SSSR count). The van der Waals surface area contributed by atoms with Crippen LogP contribution in [0.4, 0.5) is 5.69 Å². The topological polar surface area (TPSA) is 93.5 Å². The Bertz CT molecular complexity index is 1030. The Balaban J connectivity index is 1.73. The van der Waals surface area contributed by atoms with Crippen molar-refractivity contribution < 1.29 is 19.1 Å². The summed E-state index contributed by atoms with van der Waals surface area (Å²) in [7, 11) is 0. The van der Waals surface area contributed by atoms with Gasteiger partial charge in [0.2, 0.25) is 5.91 Å². The van der Waals surface area contributed by atoms with E-state index in [0.717, 1.165) is 25.7 Å². The fourth-order valence-corrected chi connectivity index (χ4v) is 4.59. The summed E-state index contributed by atoms with van der Waals surface area (Å²) in [4.78, 5) is 40.9. The van der Waals surface area contributed by atoms with Crippen LogP contribution in [0.15, 0.2) is 30.3 Å². The summed E-state index contributed by atoms with van der Waals surface area (Å²) in [6.07, 6.45) is 5.18. The molecule has 0 bridgehead atoms. The van der Waals surface area contributed by atoms with Crippen molar-refractivity contribution in [3.63, 3.8) is 0 Å². The fraction of sp³-hybridized carbons (Fsp3) is 0.478. The lowest BCUT2D eigenvalue weighted by molar-refractivity contribution is -0.127. The van der Waals surface area contributed by atoms with Crippen molar-refractivity contribution in [3.8, 4) is 0 Å². The van der Waals surface area contributed by atoms with Gasteiger partial charge < -0.3 is 10.1 Å². The standard InChI is InChI=1S/C23H27ClN4O4/c1-3-32-21(30)18-13-19-20(29)28(17-11-9-15(24)10-12-17)23(2,14-27(19)26-18)22(31)25-16-7-5-4-6-8-16/h9-13,16H,3-8,14H2,1-2H3,(H,25,31). The zero-order valence-corrected chi connectivity index (χ0v) is 19.0. The van der Waals surface area contributed by atoms with Gasteiger partial charge in [0.15, 0.2) is 5.69 Å². The number of anilines is 1. The molecule has 1 aromatic carbocycles. The van der Waals surface area contributed by atoms with Crippen LogP contribution in [0.25, 0.3) is 0 Å². The molecule has 2 aromatic rings. The van der Waals surface area contributed by atoms with E-state index in [0.29, 0.717) is 10.7 Å². The molecule has 1 unspecified atom stereocenters. The van der Waals surface area contributed by atoms with Crippen LogP contribution in [0.3, 0.4) is 0 Å². The lowest BCUT2D eigenvalue weighted by Gasteiger charge is -2.44. The normalized spacial score (nSPS) is 21.2. The van der Waals surface area contributed by atoms with Gasteiger partial charge >= 0.3 is 5.97 Å². The minimum Gasteiger partial charge on any atom is -0.461 e. The van der Waals surface area contributed by atoms with E-state index >= 15 is 0 Å². The van der Waals surface area contributed by atoms with Crippen molar-refractivity contribution in [2.24, 2.45) is 0 Å². The maximum Gasteiger partial charge on any atom is 0.358 e. The Morgan fingerprint density at radius 1 is 1.22 bits per heavy atom. The fourth-order valence-electron chi connectivity index (χ4n) is 4.47. The maximum absolute atomic E-state index is 13.6. The first-order valence-electron chi connectivity index (χ1n) is 11.0. The third-order valence-corrected chi connectivity index (χ3v) is 6.40. The number of carbonyl (C=O) groups is 3. The summed E-state index contributed by atoms with van der Waals surface area (Å²) in [5.74, 6) is -1.26. The molecule has 170 valence electrons. The first-order valence-corrected chi connectivity index (χ1v) is 11.4. The lowest BCUT2D eigenvalue weighted by Crippen LogP contribution is -2.65. The number of benzene rings is 1. The number of halogens is 1.